The zero-order valence-electron chi connectivity index (χ0n) is 15.3. The number of halogens is 1. The normalized spacial score (nSPS) is 24.4. The predicted molar refractivity (Wildman–Crippen MR) is 97.4 cm³/mol. The van der Waals surface area contributed by atoms with Gasteiger partial charge in [-0.1, -0.05) is 6.07 Å². The molecule has 0 radical (unpaired) electrons. The zero-order valence-corrected chi connectivity index (χ0v) is 15.3. The third-order valence-electron chi connectivity index (χ3n) is 5.41. The Bertz CT molecular complexity index is 788. The first-order valence-corrected chi connectivity index (χ1v) is 9.46. The van der Waals surface area contributed by atoms with Crippen LogP contribution in [0.3, 0.4) is 0 Å². The van der Waals surface area contributed by atoms with E-state index in [0.29, 0.717) is 32.3 Å². The van der Waals surface area contributed by atoms with Gasteiger partial charge < -0.3 is 29.7 Å². The van der Waals surface area contributed by atoms with E-state index < -0.39 is 19.3 Å². The molecule has 2 saturated heterocycles. The number of carbonyl (C=O) groups is 2. The highest BCUT2D eigenvalue weighted by Crippen LogP contribution is 2.37. The average Bonchev–Trinajstić information content (AvgIpc) is 3.01. The number of nitrogens with zero attached hydrogens (tertiary/aromatic N) is 1. The van der Waals surface area contributed by atoms with Crippen molar-refractivity contribution in [3.05, 3.63) is 23.3 Å². The standard InChI is InChI=1S/C18H22BFN2O6/c20-11-5-12(21-7-11)6-15(23)22-8-13(9-22)27-14-2-1-10-3-4-19(26)28-17(10)16(14)18(24)25/h1-2,11-13,21,26H,3-9H2,(H,24,25)/t11-,12-/m0/s1. The van der Waals surface area contributed by atoms with E-state index >= 15 is 0 Å². The molecule has 1 aromatic rings. The lowest BCUT2D eigenvalue weighted by Crippen LogP contribution is -2.57. The van der Waals surface area contributed by atoms with Crippen LogP contribution in [0.15, 0.2) is 12.1 Å². The van der Waals surface area contributed by atoms with E-state index in [1.54, 1.807) is 17.0 Å². The number of carboxylic acids is 1. The lowest BCUT2D eigenvalue weighted by Gasteiger charge is -2.39. The maximum atomic E-state index is 13.2. The Morgan fingerprint density at radius 2 is 2.18 bits per heavy atom. The number of alkyl halides is 1. The molecule has 0 bridgehead atoms. The first-order valence-electron chi connectivity index (χ1n) is 9.46. The summed E-state index contributed by atoms with van der Waals surface area (Å²) < 4.78 is 24.3. The smallest absolute Gasteiger partial charge is 0.522 e. The summed E-state index contributed by atoms with van der Waals surface area (Å²) in [6.45, 7) is 0.991. The second-order valence-electron chi connectivity index (χ2n) is 7.52. The molecule has 3 aliphatic rings. The number of hydrogen-bond donors (Lipinski definition) is 3. The van der Waals surface area contributed by atoms with E-state index in [9.17, 15) is 24.1 Å². The van der Waals surface area contributed by atoms with Crippen molar-refractivity contribution < 1.29 is 33.5 Å². The Morgan fingerprint density at radius 3 is 2.86 bits per heavy atom. The number of carboxylic acid groups (broad SMARTS) is 1. The van der Waals surface area contributed by atoms with Gasteiger partial charge in [0.25, 0.3) is 0 Å². The van der Waals surface area contributed by atoms with Crippen molar-refractivity contribution in [3.63, 3.8) is 0 Å². The van der Waals surface area contributed by atoms with Crippen molar-refractivity contribution in [2.45, 2.75) is 43.9 Å². The minimum Gasteiger partial charge on any atom is -0.535 e. The molecule has 4 rings (SSSR count). The van der Waals surface area contributed by atoms with Gasteiger partial charge in [0.2, 0.25) is 5.91 Å². The van der Waals surface area contributed by atoms with E-state index in [4.69, 9.17) is 9.39 Å². The number of hydrogen-bond acceptors (Lipinski definition) is 6. The van der Waals surface area contributed by atoms with Gasteiger partial charge in [0, 0.05) is 19.0 Å². The number of likely N-dealkylation sites (tertiary alicyclic amines) is 1. The molecular weight excluding hydrogens is 370 g/mol. The average molecular weight is 392 g/mol. The molecule has 2 atom stereocenters. The largest absolute Gasteiger partial charge is 0.535 e. The minimum absolute atomic E-state index is 0.0678. The van der Waals surface area contributed by atoms with Gasteiger partial charge in [-0.25, -0.2) is 9.18 Å². The number of benzene rings is 1. The molecule has 0 aromatic heterocycles. The van der Waals surface area contributed by atoms with Gasteiger partial charge >= 0.3 is 13.1 Å². The fraction of sp³-hybridized carbons (Fsp3) is 0.556. The third kappa shape index (κ3) is 3.79. The number of ether oxygens (including phenoxy) is 1. The molecule has 10 heteroatoms. The Labute approximate surface area is 161 Å². The van der Waals surface area contributed by atoms with E-state index in [0.717, 1.165) is 5.56 Å². The minimum atomic E-state index is -1.19. The summed E-state index contributed by atoms with van der Waals surface area (Å²) >= 11 is 0. The molecule has 0 aliphatic carbocycles. The lowest BCUT2D eigenvalue weighted by molar-refractivity contribution is -0.140. The summed E-state index contributed by atoms with van der Waals surface area (Å²) in [7, 11) is -1.04. The second-order valence-corrected chi connectivity index (χ2v) is 7.52. The Morgan fingerprint density at radius 1 is 1.39 bits per heavy atom. The van der Waals surface area contributed by atoms with Crippen molar-refractivity contribution >= 4 is 19.0 Å². The quantitative estimate of drug-likeness (QED) is 0.626. The topological polar surface area (TPSA) is 108 Å². The van der Waals surface area contributed by atoms with Crippen LogP contribution < -0.4 is 14.7 Å². The maximum absolute atomic E-state index is 13.2. The van der Waals surface area contributed by atoms with Crippen LogP contribution in [0.1, 0.15) is 28.8 Å². The van der Waals surface area contributed by atoms with Crippen LogP contribution in [0.4, 0.5) is 4.39 Å². The Kier molecular flexibility index (Phi) is 5.16. The highest BCUT2D eigenvalue weighted by molar-refractivity contribution is 6.44. The molecule has 2 fully saturated rings. The Balaban J connectivity index is 1.37. The van der Waals surface area contributed by atoms with Crippen molar-refractivity contribution in [3.8, 4) is 11.5 Å². The van der Waals surface area contributed by atoms with Crippen LogP contribution in [-0.2, 0) is 11.2 Å². The Hall–Kier alpha value is -2.33. The number of carbonyl (C=O) groups excluding carboxylic acids is 1. The van der Waals surface area contributed by atoms with Gasteiger partial charge in [0.1, 0.15) is 29.3 Å². The van der Waals surface area contributed by atoms with Gasteiger partial charge in [-0.3, -0.25) is 4.79 Å². The molecular formula is C18H22BFN2O6. The highest BCUT2D eigenvalue weighted by Gasteiger charge is 2.36. The summed E-state index contributed by atoms with van der Waals surface area (Å²) in [6, 6.07) is 3.20. The molecule has 3 heterocycles. The van der Waals surface area contributed by atoms with Crippen LogP contribution in [0.25, 0.3) is 0 Å². The molecule has 1 amide bonds. The summed E-state index contributed by atoms with van der Waals surface area (Å²) in [4.78, 5) is 25.6. The molecule has 150 valence electrons. The first-order chi connectivity index (χ1) is 13.4. The number of aryl methyl sites for hydroxylation is 1. The van der Waals surface area contributed by atoms with Crippen molar-refractivity contribution in [2.24, 2.45) is 0 Å². The summed E-state index contributed by atoms with van der Waals surface area (Å²) in [5, 5.41) is 22.3. The lowest BCUT2D eigenvalue weighted by atomic mass is 9.78. The summed E-state index contributed by atoms with van der Waals surface area (Å²) in [5.74, 6) is -0.956. The van der Waals surface area contributed by atoms with Gasteiger partial charge in [0.15, 0.2) is 0 Å². The number of aromatic carboxylic acids is 1. The van der Waals surface area contributed by atoms with Crippen LogP contribution in [-0.4, -0.2) is 72.0 Å². The molecule has 1 aromatic carbocycles. The first kappa shape index (κ1) is 19.0. The van der Waals surface area contributed by atoms with Crippen LogP contribution in [0.2, 0.25) is 6.32 Å². The fourth-order valence-electron chi connectivity index (χ4n) is 3.88. The molecule has 8 nitrogen and oxygen atoms in total. The molecule has 28 heavy (non-hydrogen) atoms. The molecule has 0 saturated carbocycles. The molecule has 3 N–H and O–H groups in total. The van der Waals surface area contributed by atoms with Gasteiger partial charge in [-0.05, 0) is 30.8 Å². The molecule has 3 aliphatic heterocycles. The second kappa shape index (κ2) is 7.59. The number of rotatable bonds is 5. The summed E-state index contributed by atoms with van der Waals surface area (Å²) in [6.07, 6.45) is 0.312. The van der Waals surface area contributed by atoms with Crippen LogP contribution in [0, 0.1) is 0 Å². The van der Waals surface area contributed by atoms with E-state index in [1.165, 1.54) is 0 Å². The number of fused-ring (bicyclic) bond motifs is 1. The molecule has 0 unspecified atom stereocenters. The van der Waals surface area contributed by atoms with E-state index in [-0.39, 0.29) is 48.1 Å². The van der Waals surface area contributed by atoms with Gasteiger partial charge in [-0.15, -0.1) is 0 Å². The van der Waals surface area contributed by atoms with Gasteiger partial charge in [0.05, 0.1) is 13.1 Å². The van der Waals surface area contributed by atoms with Crippen molar-refractivity contribution in [1.29, 1.82) is 0 Å². The van der Waals surface area contributed by atoms with Crippen molar-refractivity contribution in [1.82, 2.24) is 10.2 Å². The van der Waals surface area contributed by atoms with Crippen LogP contribution >= 0.6 is 0 Å². The highest BCUT2D eigenvalue weighted by atomic mass is 19.1. The summed E-state index contributed by atoms with van der Waals surface area (Å²) in [5.41, 5.74) is 0.612. The predicted octanol–water partition coefficient (Wildman–Crippen LogP) is 0.480. The zero-order chi connectivity index (χ0) is 19.8. The molecule has 0 spiro atoms. The SMILES string of the molecule is O=C(O)c1c(OC2CN(C(=O)C[C@@H]3C[C@H](F)CN3)C2)ccc2c1OB(O)CC2. The number of amides is 1. The van der Waals surface area contributed by atoms with E-state index in [2.05, 4.69) is 5.32 Å². The maximum Gasteiger partial charge on any atom is 0.522 e. The van der Waals surface area contributed by atoms with Gasteiger partial charge in [-0.2, -0.15) is 0 Å². The third-order valence-corrected chi connectivity index (χ3v) is 5.41. The van der Waals surface area contributed by atoms with E-state index in [1.807, 2.05) is 0 Å². The fourth-order valence-corrected chi connectivity index (χ4v) is 3.88. The number of nitrogens with one attached hydrogen (secondary N) is 1. The van der Waals surface area contributed by atoms with Crippen LogP contribution in [0.5, 0.6) is 11.5 Å². The van der Waals surface area contributed by atoms with Crippen molar-refractivity contribution in [2.75, 3.05) is 19.6 Å². The monoisotopic (exact) mass is 392 g/mol.